The normalized spacial score (nSPS) is 13.1. The molecule has 62 heavy (non-hydrogen) atoms. The van der Waals surface area contributed by atoms with E-state index in [4.69, 9.17) is 9.72 Å². The average Bonchev–Trinajstić information content (AvgIpc) is 3.76. The Kier molecular flexibility index (Phi) is 11.0. The van der Waals surface area contributed by atoms with Crippen LogP contribution in [-0.4, -0.2) is 9.55 Å². The molecule has 1 aliphatic rings. The van der Waals surface area contributed by atoms with E-state index >= 15 is 0 Å². The average molecular weight is 995 g/mol. The predicted octanol–water partition coefficient (Wildman–Crippen LogP) is 15.2. The van der Waals surface area contributed by atoms with Crippen LogP contribution in [0.3, 0.4) is 0 Å². The predicted molar refractivity (Wildman–Crippen MR) is 255 cm³/mol. The molecule has 318 valence electrons. The van der Waals surface area contributed by atoms with Crippen molar-refractivity contribution in [3.05, 3.63) is 174 Å². The summed E-state index contributed by atoms with van der Waals surface area (Å²) in [4.78, 5) is 9.39. The molecular formula is C56H55N4OPt-3. The number of hydrogen-bond donors (Lipinski definition) is 0. The maximum absolute atomic E-state index is 6.80. The van der Waals surface area contributed by atoms with Crippen molar-refractivity contribution in [2.75, 3.05) is 9.80 Å². The first-order valence-electron chi connectivity index (χ1n) is 21.4. The van der Waals surface area contributed by atoms with Crippen LogP contribution in [0.5, 0.6) is 11.5 Å². The van der Waals surface area contributed by atoms with E-state index in [0.29, 0.717) is 11.5 Å². The van der Waals surface area contributed by atoms with Crippen molar-refractivity contribution in [3.63, 3.8) is 0 Å². The number of pyridine rings is 1. The van der Waals surface area contributed by atoms with Gasteiger partial charge in [-0.25, -0.2) is 4.98 Å². The number of rotatable bonds is 6. The minimum absolute atomic E-state index is 0. The SMILES string of the molecule is Cc1cc(C(C)(C)C)cc(C)c1-c1cccc(N2[CH-]N(c3[c-]c(Oc4[c-]c5c(cc4)c4ccccc4n5-c4cc(C(C)(C)C)ccn4)cc(C(C)(C)C)c3)c3ccccc32)c1.[Pt]. The van der Waals surface area contributed by atoms with Crippen LogP contribution in [-0.2, 0) is 37.3 Å². The van der Waals surface area contributed by atoms with E-state index in [2.05, 4.69) is 225 Å². The zero-order valence-corrected chi connectivity index (χ0v) is 40.0. The molecule has 0 saturated heterocycles. The maximum Gasteiger partial charge on any atom is 0.135 e. The summed E-state index contributed by atoms with van der Waals surface area (Å²) in [6, 6.07) is 50.8. The van der Waals surface area contributed by atoms with E-state index in [1.165, 1.54) is 33.4 Å². The van der Waals surface area contributed by atoms with Gasteiger partial charge in [0.05, 0.1) is 0 Å². The van der Waals surface area contributed by atoms with Gasteiger partial charge in [-0.1, -0.05) is 122 Å². The zero-order valence-electron chi connectivity index (χ0n) is 37.7. The van der Waals surface area contributed by atoms with Gasteiger partial charge >= 0.3 is 0 Å². The van der Waals surface area contributed by atoms with E-state index in [9.17, 15) is 0 Å². The third-order valence-electron chi connectivity index (χ3n) is 12.0. The van der Waals surface area contributed by atoms with Crippen LogP contribution >= 0.6 is 0 Å². The van der Waals surface area contributed by atoms with E-state index in [1.807, 2.05) is 12.3 Å². The summed E-state index contributed by atoms with van der Waals surface area (Å²) in [6.45, 7) is 26.9. The van der Waals surface area contributed by atoms with Gasteiger partial charge in [-0.05, 0) is 111 Å². The Morgan fingerprint density at radius 3 is 1.90 bits per heavy atom. The number of ether oxygens (including phenoxy) is 1. The van der Waals surface area contributed by atoms with E-state index in [0.717, 1.165) is 55.9 Å². The maximum atomic E-state index is 6.80. The number of para-hydroxylation sites is 3. The summed E-state index contributed by atoms with van der Waals surface area (Å²) >= 11 is 0. The van der Waals surface area contributed by atoms with Gasteiger partial charge in [0.25, 0.3) is 0 Å². The molecule has 8 aromatic rings. The molecule has 0 fully saturated rings. The largest absolute Gasteiger partial charge is 0.509 e. The van der Waals surface area contributed by atoms with Crippen LogP contribution in [0.4, 0.5) is 22.7 Å². The number of benzene rings is 6. The van der Waals surface area contributed by atoms with Gasteiger partial charge < -0.3 is 19.1 Å². The molecule has 1 aliphatic heterocycles. The van der Waals surface area contributed by atoms with Gasteiger partial charge in [-0.15, -0.1) is 53.6 Å². The fourth-order valence-electron chi connectivity index (χ4n) is 8.62. The molecule has 0 saturated carbocycles. The van der Waals surface area contributed by atoms with Crippen LogP contribution in [0, 0.1) is 32.6 Å². The summed E-state index contributed by atoms with van der Waals surface area (Å²) < 4.78 is 9.01. The smallest absolute Gasteiger partial charge is 0.135 e. The molecule has 3 heterocycles. The number of fused-ring (bicyclic) bond motifs is 4. The Bertz CT molecular complexity index is 2950. The van der Waals surface area contributed by atoms with Crippen molar-refractivity contribution in [2.24, 2.45) is 0 Å². The molecule has 6 aromatic carbocycles. The van der Waals surface area contributed by atoms with Gasteiger partial charge in [0.2, 0.25) is 0 Å². The van der Waals surface area contributed by atoms with Crippen LogP contribution in [0.1, 0.15) is 90.1 Å². The standard InChI is InChI=1S/C56H55N4O.Pt/c1-36-27-40(55(6,7)8)28-37(2)53(36)38-17-16-18-42(29-38)58-35-59(50-22-15-14-21-49(50)58)43-30-41(56(9,10)11)31-45(33-43)61-44-23-24-47-46-19-12-13-20-48(46)60(51(47)34-44)52-32-39(25-26-57-52)54(3,4)5;/h12-32,35H,1-11H3;/q-3;. The molecular weight excluding hydrogens is 940 g/mol. The van der Waals surface area contributed by atoms with Gasteiger partial charge in [-0.3, -0.25) is 0 Å². The fourth-order valence-corrected chi connectivity index (χ4v) is 8.62. The summed E-state index contributed by atoms with van der Waals surface area (Å²) in [5, 5.41) is 2.24. The number of aromatic nitrogens is 2. The van der Waals surface area contributed by atoms with Crippen molar-refractivity contribution >= 4 is 44.6 Å². The van der Waals surface area contributed by atoms with Crippen LogP contribution in [0.2, 0.25) is 0 Å². The molecule has 5 nitrogen and oxygen atoms in total. The third-order valence-corrected chi connectivity index (χ3v) is 12.0. The molecule has 9 rings (SSSR count). The number of anilines is 4. The summed E-state index contributed by atoms with van der Waals surface area (Å²) in [5.41, 5.74) is 14.9. The van der Waals surface area contributed by atoms with E-state index in [1.54, 1.807) is 0 Å². The van der Waals surface area contributed by atoms with Crippen LogP contribution in [0.25, 0.3) is 38.8 Å². The second-order valence-electron chi connectivity index (χ2n) is 19.7. The molecule has 0 radical (unpaired) electrons. The molecule has 0 N–H and O–H groups in total. The molecule has 0 aliphatic carbocycles. The number of nitrogens with zero attached hydrogens (tertiary/aromatic N) is 4. The van der Waals surface area contributed by atoms with Crippen molar-refractivity contribution in [1.82, 2.24) is 9.55 Å². The van der Waals surface area contributed by atoms with Crippen molar-refractivity contribution in [1.29, 1.82) is 0 Å². The van der Waals surface area contributed by atoms with Crippen molar-refractivity contribution in [3.8, 4) is 28.4 Å². The zero-order chi connectivity index (χ0) is 43.0. The van der Waals surface area contributed by atoms with Gasteiger partial charge in [0, 0.05) is 61.3 Å². The Labute approximate surface area is 382 Å². The van der Waals surface area contributed by atoms with E-state index < -0.39 is 0 Å². The Hall–Kier alpha value is -5.64. The quantitative estimate of drug-likeness (QED) is 0.155. The first-order chi connectivity index (χ1) is 28.9. The molecule has 2 aromatic heterocycles. The Balaban J connectivity index is 0.00000529. The minimum Gasteiger partial charge on any atom is -0.509 e. The Morgan fingerprint density at radius 1 is 0.565 bits per heavy atom. The topological polar surface area (TPSA) is 33.5 Å². The van der Waals surface area contributed by atoms with Crippen molar-refractivity contribution < 1.29 is 25.8 Å². The molecule has 6 heteroatoms. The summed E-state index contributed by atoms with van der Waals surface area (Å²) in [6.07, 6.45) is 1.91. The van der Waals surface area contributed by atoms with Gasteiger partial charge in [0.1, 0.15) is 5.82 Å². The second-order valence-corrected chi connectivity index (χ2v) is 19.7. The minimum atomic E-state index is -0.155. The van der Waals surface area contributed by atoms with Crippen LogP contribution in [0.15, 0.2) is 128 Å². The summed E-state index contributed by atoms with van der Waals surface area (Å²) in [5.74, 6) is 2.10. The molecule has 0 spiro atoms. The van der Waals surface area contributed by atoms with Crippen molar-refractivity contribution in [2.45, 2.75) is 92.4 Å². The first-order valence-corrected chi connectivity index (χ1v) is 21.4. The second kappa shape index (κ2) is 15.9. The van der Waals surface area contributed by atoms with Gasteiger partial charge in [-0.2, -0.15) is 6.07 Å². The molecule has 0 amide bonds. The monoisotopic (exact) mass is 994 g/mol. The molecule has 0 unspecified atom stereocenters. The first kappa shape index (κ1) is 43.0. The third kappa shape index (κ3) is 7.97. The Morgan fingerprint density at radius 2 is 1.21 bits per heavy atom. The number of aryl methyl sites for hydroxylation is 2. The fraction of sp³-hybridized carbons (Fsp3) is 0.250. The van der Waals surface area contributed by atoms with Crippen LogP contribution < -0.4 is 14.5 Å². The molecule has 0 bridgehead atoms. The molecule has 0 atom stereocenters. The van der Waals surface area contributed by atoms with E-state index in [-0.39, 0.29) is 37.3 Å². The number of hydrogen-bond acceptors (Lipinski definition) is 4. The van der Waals surface area contributed by atoms with Gasteiger partial charge in [0.15, 0.2) is 0 Å². The summed E-state index contributed by atoms with van der Waals surface area (Å²) in [7, 11) is 0.